The largest absolute Gasteiger partial charge is 0.465 e. The van der Waals surface area contributed by atoms with Crippen molar-refractivity contribution in [1.29, 1.82) is 5.26 Å². The van der Waals surface area contributed by atoms with Crippen LogP contribution in [0.2, 0.25) is 0 Å². The van der Waals surface area contributed by atoms with Gasteiger partial charge in [-0.1, -0.05) is 42.4 Å². The lowest BCUT2D eigenvalue weighted by Gasteiger charge is -2.40. The van der Waals surface area contributed by atoms with Gasteiger partial charge in [-0.25, -0.2) is 24.5 Å². The first-order valence-electron chi connectivity index (χ1n) is 13.2. The first kappa shape index (κ1) is 25.7. The lowest BCUT2D eigenvalue weighted by molar-refractivity contribution is 0.0823. The van der Waals surface area contributed by atoms with Crippen LogP contribution in [0.1, 0.15) is 30.5 Å². The fourth-order valence-corrected chi connectivity index (χ4v) is 6.20. The molecule has 0 spiro atoms. The molecule has 1 saturated carbocycles. The minimum atomic E-state index is -0.953. The van der Waals surface area contributed by atoms with Crippen molar-refractivity contribution in [2.24, 2.45) is 5.92 Å². The van der Waals surface area contributed by atoms with E-state index in [9.17, 15) is 20.0 Å². The number of urea groups is 1. The zero-order chi connectivity index (χ0) is 27.8. The van der Waals surface area contributed by atoms with Crippen molar-refractivity contribution in [1.82, 2.24) is 24.8 Å². The van der Waals surface area contributed by atoms with Crippen molar-refractivity contribution in [3.05, 3.63) is 60.0 Å². The standard InChI is InChI=1S/C29H27N7O3S/c1-17-23-13-21(7-8-24(23)32-16-31-17)26-25(20-4-2-3-19(11-20)14-30)33-27(40-26)34-28(37)36-10-9-35(29(38)39)15-22(36)12-18-5-6-18/h2-4,7-8,11,13,16,18,22H,5-6,9-10,12,15H2,1H3,(H,38,39)(H,33,34,37). The van der Waals surface area contributed by atoms with Crippen LogP contribution in [0.3, 0.4) is 0 Å². The third kappa shape index (κ3) is 5.18. The summed E-state index contributed by atoms with van der Waals surface area (Å²) in [5, 5.41) is 23.3. The van der Waals surface area contributed by atoms with E-state index in [2.05, 4.69) is 21.4 Å². The third-order valence-electron chi connectivity index (χ3n) is 7.52. The second kappa shape index (κ2) is 10.5. The van der Waals surface area contributed by atoms with Gasteiger partial charge in [0, 0.05) is 36.3 Å². The van der Waals surface area contributed by atoms with Crippen LogP contribution < -0.4 is 5.32 Å². The van der Waals surface area contributed by atoms with Crippen molar-refractivity contribution in [2.45, 2.75) is 32.2 Å². The average molecular weight is 554 g/mol. The van der Waals surface area contributed by atoms with Gasteiger partial charge in [0.1, 0.15) is 6.33 Å². The van der Waals surface area contributed by atoms with Gasteiger partial charge in [-0.2, -0.15) is 5.26 Å². The summed E-state index contributed by atoms with van der Waals surface area (Å²) in [5.74, 6) is 0.542. The highest BCUT2D eigenvalue weighted by atomic mass is 32.1. The highest BCUT2D eigenvalue weighted by Crippen LogP contribution is 2.41. The maximum Gasteiger partial charge on any atom is 0.407 e. The van der Waals surface area contributed by atoms with Gasteiger partial charge in [-0.15, -0.1) is 0 Å². The zero-order valence-electron chi connectivity index (χ0n) is 21.9. The molecule has 1 saturated heterocycles. The number of nitriles is 1. The van der Waals surface area contributed by atoms with Gasteiger partial charge >= 0.3 is 12.1 Å². The van der Waals surface area contributed by atoms with E-state index in [-0.39, 0.29) is 18.6 Å². The van der Waals surface area contributed by atoms with E-state index in [0.717, 1.165) is 51.9 Å². The van der Waals surface area contributed by atoms with E-state index < -0.39 is 6.09 Å². The maximum atomic E-state index is 13.5. The predicted molar refractivity (Wildman–Crippen MR) is 152 cm³/mol. The van der Waals surface area contributed by atoms with Crippen molar-refractivity contribution < 1.29 is 14.7 Å². The molecule has 0 radical (unpaired) electrons. The summed E-state index contributed by atoms with van der Waals surface area (Å²) in [4.78, 5) is 42.6. The first-order valence-corrected chi connectivity index (χ1v) is 14.0. The maximum absolute atomic E-state index is 13.5. The van der Waals surface area contributed by atoms with Crippen LogP contribution in [0, 0.1) is 24.2 Å². The quantitative estimate of drug-likeness (QED) is 0.328. The summed E-state index contributed by atoms with van der Waals surface area (Å²) < 4.78 is 0. The number of nitrogens with zero attached hydrogens (tertiary/aromatic N) is 6. The van der Waals surface area contributed by atoms with Crippen LogP contribution in [0.15, 0.2) is 48.8 Å². The minimum absolute atomic E-state index is 0.174. The number of anilines is 1. The van der Waals surface area contributed by atoms with E-state index in [4.69, 9.17) is 4.98 Å². The second-order valence-corrected chi connectivity index (χ2v) is 11.3. The smallest absolute Gasteiger partial charge is 0.407 e. The molecule has 10 nitrogen and oxygen atoms in total. The fourth-order valence-electron chi connectivity index (χ4n) is 5.23. The molecule has 3 amide bonds. The van der Waals surface area contributed by atoms with Gasteiger partial charge in [-0.05, 0) is 49.1 Å². The Morgan fingerprint density at radius 3 is 2.77 bits per heavy atom. The van der Waals surface area contributed by atoms with Crippen molar-refractivity contribution in [2.75, 3.05) is 25.0 Å². The van der Waals surface area contributed by atoms with Crippen LogP contribution in [-0.4, -0.2) is 67.7 Å². The molecule has 0 bridgehead atoms. The molecule has 11 heteroatoms. The number of hydrogen-bond acceptors (Lipinski definition) is 7. The number of carbonyl (C=O) groups excluding carboxylic acids is 1. The number of fused-ring (bicyclic) bond motifs is 1. The Bertz CT molecular complexity index is 1660. The number of amides is 3. The molecule has 1 atom stereocenters. The molecule has 6 rings (SSSR count). The molecule has 2 aromatic heterocycles. The van der Waals surface area contributed by atoms with Gasteiger partial charge in [-0.3, -0.25) is 5.32 Å². The average Bonchev–Trinajstić information content (AvgIpc) is 3.69. The van der Waals surface area contributed by atoms with Gasteiger partial charge in [0.25, 0.3) is 0 Å². The monoisotopic (exact) mass is 553 g/mol. The van der Waals surface area contributed by atoms with E-state index >= 15 is 0 Å². The van der Waals surface area contributed by atoms with Gasteiger partial charge in [0.2, 0.25) is 0 Å². The number of aryl methyl sites for hydroxylation is 1. The molecule has 2 aromatic carbocycles. The number of piperazine rings is 1. The van der Waals surface area contributed by atoms with Crippen LogP contribution in [-0.2, 0) is 0 Å². The van der Waals surface area contributed by atoms with Crippen molar-refractivity contribution in [3.63, 3.8) is 0 Å². The van der Waals surface area contributed by atoms with Gasteiger partial charge in [0.05, 0.1) is 33.8 Å². The second-order valence-electron chi connectivity index (χ2n) is 10.3. The fraction of sp³-hybridized carbons (Fsp3) is 0.310. The molecule has 202 valence electrons. The summed E-state index contributed by atoms with van der Waals surface area (Å²) in [6.45, 7) is 2.85. The number of hydrogen-bond donors (Lipinski definition) is 2. The lowest BCUT2D eigenvalue weighted by Crippen LogP contribution is -2.57. The normalized spacial score (nSPS) is 17.1. The van der Waals surface area contributed by atoms with Crippen LogP contribution >= 0.6 is 11.3 Å². The molecular weight excluding hydrogens is 526 g/mol. The number of aromatic nitrogens is 3. The lowest BCUT2D eigenvalue weighted by atomic mass is 10.0. The molecular formula is C29H27N7O3S. The molecule has 1 aliphatic heterocycles. The molecule has 40 heavy (non-hydrogen) atoms. The molecule has 2 N–H and O–H groups in total. The number of carbonyl (C=O) groups is 2. The molecule has 1 unspecified atom stereocenters. The Hall–Kier alpha value is -4.56. The summed E-state index contributed by atoms with van der Waals surface area (Å²) in [6, 6.07) is 14.9. The van der Waals surface area contributed by atoms with E-state index in [1.165, 1.54) is 16.2 Å². The van der Waals surface area contributed by atoms with Crippen molar-refractivity contribution >= 4 is 39.5 Å². The molecule has 2 aliphatic rings. The topological polar surface area (TPSA) is 135 Å². The summed E-state index contributed by atoms with van der Waals surface area (Å²) in [7, 11) is 0. The number of nitrogens with one attached hydrogen (secondary N) is 1. The third-order valence-corrected chi connectivity index (χ3v) is 8.54. The van der Waals surface area contributed by atoms with Crippen LogP contribution in [0.25, 0.3) is 32.6 Å². The highest BCUT2D eigenvalue weighted by molar-refractivity contribution is 7.19. The van der Waals surface area contributed by atoms with Gasteiger partial charge < -0.3 is 14.9 Å². The summed E-state index contributed by atoms with van der Waals surface area (Å²) in [5.41, 5.74) is 4.56. The van der Waals surface area contributed by atoms with Crippen molar-refractivity contribution in [3.8, 4) is 27.8 Å². The highest BCUT2D eigenvalue weighted by Gasteiger charge is 2.36. The SMILES string of the molecule is Cc1ncnc2ccc(-c3sc(NC(=O)N4CCN(C(=O)O)CC4CC4CC4)nc3-c3cccc(C#N)c3)cc12. The first-order chi connectivity index (χ1) is 19.4. The Morgan fingerprint density at radius 1 is 1.15 bits per heavy atom. The number of thiazole rings is 1. The molecule has 4 aromatic rings. The van der Waals surface area contributed by atoms with Crippen LogP contribution in [0.5, 0.6) is 0 Å². The van der Waals surface area contributed by atoms with E-state index in [1.807, 2.05) is 37.3 Å². The molecule has 1 aliphatic carbocycles. The Balaban J connectivity index is 1.35. The zero-order valence-corrected chi connectivity index (χ0v) is 22.7. The Kier molecular flexibility index (Phi) is 6.77. The number of carboxylic acid groups (broad SMARTS) is 1. The Labute approximate surface area is 234 Å². The summed E-state index contributed by atoms with van der Waals surface area (Å²) >= 11 is 1.36. The molecule has 3 heterocycles. The minimum Gasteiger partial charge on any atom is -0.465 e. The van der Waals surface area contributed by atoms with E-state index in [1.54, 1.807) is 23.4 Å². The Morgan fingerprint density at radius 2 is 2.00 bits per heavy atom. The number of rotatable bonds is 5. The number of benzene rings is 2. The summed E-state index contributed by atoms with van der Waals surface area (Å²) in [6.07, 6.45) is 3.63. The van der Waals surface area contributed by atoms with Crippen LogP contribution in [0.4, 0.5) is 14.7 Å². The molecule has 2 fully saturated rings. The van der Waals surface area contributed by atoms with Gasteiger partial charge in [0.15, 0.2) is 5.13 Å². The van der Waals surface area contributed by atoms with E-state index in [0.29, 0.717) is 35.4 Å². The predicted octanol–water partition coefficient (Wildman–Crippen LogP) is 5.60.